The average Bonchev–Trinajstić information content (AvgIpc) is 2.37. The van der Waals surface area contributed by atoms with Gasteiger partial charge in [-0.3, -0.25) is 4.79 Å². The molecule has 7 heteroatoms. The van der Waals surface area contributed by atoms with Crippen molar-refractivity contribution in [1.29, 1.82) is 0 Å². The number of piperidine rings is 1. The fourth-order valence-corrected chi connectivity index (χ4v) is 3.01. The zero-order valence-corrected chi connectivity index (χ0v) is 11.5. The number of sulfonamides is 1. The molecule has 0 aromatic heterocycles. The number of nitrogens with two attached hydrogens (primary N) is 1. The van der Waals surface area contributed by atoms with E-state index in [-0.39, 0.29) is 18.2 Å². The number of amides is 1. The van der Waals surface area contributed by atoms with E-state index in [1.54, 1.807) is 4.90 Å². The Hall–Kier alpha value is -0.660. The minimum absolute atomic E-state index is 0.0392. The lowest BCUT2D eigenvalue weighted by Gasteiger charge is -2.26. The van der Waals surface area contributed by atoms with Crippen LogP contribution in [-0.4, -0.2) is 51.2 Å². The van der Waals surface area contributed by atoms with Gasteiger partial charge in [0.1, 0.15) is 0 Å². The fraction of sp³-hybridized carbons (Fsp3) is 0.909. The van der Waals surface area contributed by atoms with Crippen LogP contribution in [0.5, 0.6) is 0 Å². The summed E-state index contributed by atoms with van der Waals surface area (Å²) in [5.74, 6) is -0.0885. The molecule has 3 N–H and O–H groups in total. The summed E-state index contributed by atoms with van der Waals surface area (Å²) in [5, 5.41) is 0. The Bertz CT molecular complexity index is 351. The zero-order valence-electron chi connectivity index (χ0n) is 10.7. The van der Waals surface area contributed by atoms with Crippen molar-refractivity contribution in [2.45, 2.75) is 32.1 Å². The number of rotatable bonds is 7. The topological polar surface area (TPSA) is 92.5 Å². The van der Waals surface area contributed by atoms with Crippen molar-refractivity contribution in [3.8, 4) is 0 Å². The molecule has 106 valence electrons. The SMILES string of the molecule is NCCCCS(=O)(=O)NCC(=O)N1CCCCC1. The predicted octanol–water partition coefficient (Wildman–Crippen LogP) is -0.343. The summed E-state index contributed by atoms with van der Waals surface area (Å²) in [6.45, 7) is 1.86. The summed E-state index contributed by atoms with van der Waals surface area (Å²) in [5.41, 5.74) is 5.30. The van der Waals surface area contributed by atoms with Crippen LogP contribution in [0, 0.1) is 0 Å². The summed E-state index contributed by atoms with van der Waals surface area (Å²) in [7, 11) is -3.34. The van der Waals surface area contributed by atoms with Crippen LogP contribution in [0.15, 0.2) is 0 Å². The molecular formula is C11H23N3O3S. The molecule has 1 aliphatic heterocycles. The molecule has 1 amide bonds. The molecule has 0 aliphatic carbocycles. The molecule has 0 aromatic rings. The summed E-state index contributed by atoms with van der Waals surface area (Å²) in [4.78, 5) is 13.5. The summed E-state index contributed by atoms with van der Waals surface area (Å²) >= 11 is 0. The molecule has 6 nitrogen and oxygen atoms in total. The molecule has 0 saturated carbocycles. The number of nitrogens with one attached hydrogen (secondary N) is 1. The minimum atomic E-state index is -3.34. The largest absolute Gasteiger partial charge is 0.342 e. The summed E-state index contributed by atoms with van der Waals surface area (Å²) in [6, 6.07) is 0. The Balaban J connectivity index is 2.27. The Morgan fingerprint density at radius 2 is 1.83 bits per heavy atom. The monoisotopic (exact) mass is 277 g/mol. The maximum absolute atomic E-state index is 11.8. The molecule has 1 saturated heterocycles. The van der Waals surface area contributed by atoms with Crippen LogP contribution < -0.4 is 10.5 Å². The van der Waals surface area contributed by atoms with Gasteiger partial charge in [-0.15, -0.1) is 0 Å². The highest BCUT2D eigenvalue weighted by Crippen LogP contribution is 2.08. The molecule has 0 atom stereocenters. The highest BCUT2D eigenvalue weighted by Gasteiger charge is 2.18. The van der Waals surface area contributed by atoms with Gasteiger partial charge < -0.3 is 10.6 Å². The van der Waals surface area contributed by atoms with E-state index in [2.05, 4.69) is 4.72 Å². The first kappa shape index (κ1) is 15.4. The first-order valence-electron chi connectivity index (χ1n) is 6.50. The molecule has 1 fully saturated rings. The lowest BCUT2D eigenvalue weighted by molar-refractivity contribution is -0.130. The number of hydrogen-bond acceptors (Lipinski definition) is 4. The van der Waals surface area contributed by atoms with E-state index in [0.717, 1.165) is 32.4 Å². The number of carbonyl (C=O) groups is 1. The quantitative estimate of drug-likeness (QED) is 0.623. The van der Waals surface area contributed by atoms with Gasteiger partial charge >= 0.3 is 0 Å². The van der Waals surface area contributed by atoms with Crippen molar-refractivity contribution < 1.29 is 13.2 Å². The summed E-state index contributed by atoms with van der Waals surface area (Å²) < 4.78 is 25.5. The van der Waals surface area contributed by atoms with E-state index < -0.39 is 10.0 Å². The van der Waals surface area contributed by atoms with Crippen LogP contribution in [-0.2, 0) is 14.8 Å². The molecule has 0 spiro atoms. The molecule has 1 heterocycles. The van der Waals surface area contributed by atoms with Gasteiger partial charge in [-0.1, -0.05) is 0 Å². The zero-order chi connectivity index (χ0) is 13.4. The first-order chi connectivity index (χ1) is 8.55. The second-order valence-electron chi connectivity index (χ2n) is 4.58. The second kappa shape index (κ2) is 7.70. The number of nitrogens with zero attached hydrogens (tertiary/aromatic N) is 1. The molecule has 1 rings (SSSR count). The van der Waals surface area contributed by atoms with E-state index in [1.807, 2.05) is 0 Å². The maximum Gasteiger partial charge on any atom is 0.237 e. The van der Waals surface area contributed by atoms with Crippen LogP contribution >= 0.6 is 0 Å². The van der Waals surface area contributed by atoms with Crippen LogP contribution in [0.1, 0.15) is 32.1 Å². The van der Waals surface area contributed by atoms with Gasteiger partial charge in [0, 0.05) is 13.1 Å². The number of unbranched alkanes of at least 4 members (excludes halogenated alkanes) is 1. The van der Waals surface area contributed by atoms with Gasteiger partial charge in [0.15, 0.2) is 0 Å². The van der Waals surface area contributed by atoms with Gasteiger partial charge in [-0.25, -0.2) is 13.1 Å². The van der Waals surface area contributed by atoms with Crippen molar-refractivity contribution in [3.05, 3.63) is 0 Å². The maximum atomic E-state index is 11.8. The molecule has 18 heavy (non-hydrogen) atoms. The Morgan fingerprint density at radius 3 is 2.44 bits per heavy atom. The smallest absolute Gasteiger partial charge is 0.237 e. The van der Waals surface area contributed by atoms with Crippen LogP contribution in [0.25, 0.3) is 0 Å². The molecule has 0 radical (unpaired) electrons. The first-order valence-corrected chi connectivity index (χ1v) is 8.15. The van der Waals surface area contributed by atoms with Crippen molar-refractivity contribution in [1.82, 2.24) is 9.62 Å². The highest BCUT2D eigenvalue weighted by atomic mass is 32.2. The molecule has 0 aromatic carbocycles. The third-order valence-electron chi connectivity index (χ3n) is 3.02. The normalized spacial score (nSPS) is 16.8. The van der Waals surface area contributed by atoms with Gasteiger partial charge in [-0.2, -0.15) is 0 Å². The summed E-state index contributed by atoms with van der Waals surface area (Å²) in [6.07, 6.45) is 4.38. The molecular weight excluding hydrogens is 254 g/mol. The van der Waals surface area contributed by atoms with Gasteiger partial charge in [0.2, 0.25) is 15.9 Å². The van der Waals surface area contributed by atoms with Crippen molar-refractivity contribution >= 4 is 15.9 Å². The van der Waals surface area contributed by atoms with Crippen molar-refractivity contribution in [3.63, 3.8) is 0 Å². The second-order valence-corrected chi connectivity index (χ2v) is 6.50. The lowest BCUT2D eigenvalue weighted by atomic mass is 10.1. The van der Waals surface area contributed by atoms with Crippen molar-refractivity contribution in [2.75, 3.05) is 31.9 Å². The van der Waals surface area contributed by atoms with Crippen molar-refractivity contribution in [2.24, 2.45) is 5.73 Å². The van der Waals surface area contributed by atoms with Gasteiger partial charge in [0.25, 0.3) is 0 Å². The number of carbonyl (C=O) groups excluding carboxylic acids is 1. The Morgan fingerprint density at radius 1 is 1.17 bits per heavy atom. The number of hydrogen-bond donors (Lipinski definition) is 2. The minimum Gasteiger partial charge on any atom is -0.342 e. The van der Waals surface area contributed by atoms with Crippen LogP contribution in [0.2, 0.25) is 0 Å². The van der Waals surface area contributed by atoms with Crippen LogP contribution in [0.4, 0.5) is 0 Å². The van der Waals surface area contributed by atoms with E-state index >= 15 is 0 Å². The van der Waals surface area contributed by atoms with E-state index in [9.17, 15) is 13.2 Å². The highest BCUT2D eigenvalue weighted by molar-refractivity contribution is 7.89. The Labute approximate surface area is 109 Å². The third-order valence-corrected chi connectivity index (χ3v) is 4.43. The van der Waals surface area contributed by atoms with Crippen LogP contribution in [0.3, 0.4) is 0 Å². The van der Waals surface area contributed by atoms with Gasteiger partial charge in [0.05, 0.1) is 12.3 Å². The van der Waals surface area contributed by atoms with E-state index in [1.165, 1.54) is 0 Å². The van der Waals surface area contributed by atoms with E-state index in [4.69, 9.17) is 5.73 Å². The van der Waals surface area contributed by atoms with Gasteiger partial charge in [-0.05, 0) is 38.6 Å². The third kappa shape index (κ3) is 5.79. The fourth-order valence-electron chi connectivity index (χ4n) is 1.94. The standard InChI is InChI=1S/C11H23N3O3S/c12-6-2-5-9-18(16,17)13-10-11(15)14-7-3-1-4-8-14/h13H,1-10,12H2. The predicted molar refractivity (Wildman–Crippen MR) is 70.5 cm³/mol. The number of likely N-dealkylation sites (tertiary alicyclic amines) is 1. The lowest BCUT2D eigenvalue weighted by Crippen LogP contribution is -2.43. The average molecular weight is 277 g/mol. The Kier molecular flexibility index (Phi) is 6.59. The van der Waals surface area contributed by atoms with E-state index in [0.29, 0.717) is 19.4 Å². The molecule has 1 aliphatic rings. The molecule has 0 unspecified atom stereocenters. The molecule has 0 bridgehead atoms.